The largest absolute Gasteiger partial charge is 0.494 e. The molecule has 0 saturated carbocycles. The summed E-state index contributed by atoms with van der Waals surface area (Å²) in [4.78, 5) is 36.1. The Morgan fingerprint density at radius 1 is 1.07 bits per heavy atom. The van der Waals surface area contributed by atoms with Crippen LogP contribution in [0.1, 0.15) is 34.2 Å². The molecule has 0 fully saturated rings. The van der Waals surface area contributed by atoms with Crippen LogP contribution in [0.15, 0.2) is 71.9 Å². The summed E-state index contributed by atoms with van der Waals surface area (Å²) in [5.41, 5.74) is -0.175. The van der Waals surface area contributed by atoms with E-state index in [2.05, 4.69) is 20.8 Å². The number of anilines is 1. The fourth-order valence-corrected chi connectivity index (χ4v) is 4.70. The third-order valence-corrected chi connectivity index (χ3v) is 6.92. The number of alkyl halides is 3. The lowest BCUT2D eigenvalue weighted by Gasteiger charge is -2.14. The standard InChI is InChI=1S/C28H25F3N6O5S/c1-3-42-22-11-9-20(10-12-22)33-25(38)16-43-27-35-34-24(36(27)21-6-4-5-19(14-21)28(29,30)31)15-32-26(39)18-8-7-17(2)23(13-18)37(40)41/h4-14H,3,15-16H2,1-2H3,(H,32,39)(H,33,38). The number of carbonyl (C=O) groups is 2. The summed E-state index contributed by atoms with van der Waals surface area (Å²) in [6, 6.07) is 15.2. The van der Waals surface area contributed by atoms with E-state index >= 15 is 0 Å². The molecule has 0 atom stereocenters. The lowest BCUT2D eigenvalue weighted by atomic mass is 10.1. The summed E-state index contributed by atoms with van der Waals surface area (Å²) in [6.45, 7) is 3.61. The van der Waals surface area contributed by atoms with E-state index in [4.69, 9.17) is 4.74 Å². The van der Waals surface area contributed by atoms with E-state index < -0.39 is 28.5 Å². The van der Waals surface area contributed by atoms with Gasteiger partial charge in [-0.05, 0) is 62.4 Å². The number of ether oxygens (including phenoxy) is 1. The first-order valence-corrected chi connectivity index (χ1v) is 13.8. The molecule has 2 N–H and O–H groups in total. The Hall–Kier alpha value is -4.92. The van der Waals surface area contributed by atoms with E-state index in [-0.39, 0.29) is 40.2 Å². The highest BCUT2D eigenvalue weighted by molar-refractivity contribution is 7.99. The predicted octanol–water partition coefficient (Wildman–Crippen LogP) is 5.56. The van der Waals surface area contributed by atoms with Crippen LogP contribution in [0.25, 0.3) is 5.69 Å². The van der Waals surface area contributed by atoms with Crippen LogP contribution in [-0.2, 0) is 17.5 Å². The second-order valence-electron chi connectivity index (χ2n) is 9.02. The smallest absolute Gasteiger partial charge is 0.416 e. The van der Waals surface area contributed by atoms with Crippen LogP contribution in [0.4, 0.5) is 24.5 Å². The molecule has 1 heterocycles. The zero-order chi connectivity index (χ0) is 31.1. The van der Waals surface area contributed by atoms with Crippen molar-refractivity contribution in [2.75, 3.05) is 17.7 Å². The van der Waals surface area contributed by atoms with E-state index in [9.17, 15) is 32.9 Å². The number of amides is 2. The van der Waals surface area contributed by atoms with Crippen molar-refractivity contribution < 1.29 is 32.4 Å². The van der Waals surface area contributed by atoms with Gasteiger partial charge < -0.3 is 15.4 Å². The van der Waals surface area contributed by atoms with E-state index in [1.165, 1.54) is 35.8 Å². The zero-order valence-electron chi connectivity index (χ0n) is 22.8. The van der Waals surface area contributed by atoms with Crippen molar-refractivity contribution >= 4 is 35.0 Å². The third kappa shape index (κ3) is 7.88. The van der Waals surface area contributed by atoms with Crippen LogP contribution in [0, 0.1) is 17.0 Å². The number of aromatic nitrogens is 3. The van der Waals surface area contributed by atoms with E-state index in [0.29, 0.717) is 23.6 Å². The number of aryl methyl sites for hydroxylation is 1. The number of hydrogen-bond donors (Lipinski definition) is 2. The molecule has 4 rings (SSSR count). The van der Waals surface area contributed by atoms with Crippen LogP contribution in [0.2, 0.25) is 0 Å². The first-order chi connectivity index (χ1) is 20.5. The van der Waals surface area contributed by atoms with Gasteiger partial charge in [-0.3, -0.25) is 24.3 Å². The number of benzene rings is 3. The maximum absolute atomic E-state index is 13.5. The van der Waals surface area contributed by atoms with Gasteiger partial charge in [0.05, 0.1) is 35.1 Å². The Morgan fingerprint density at radius 3 is 2.49 bits per heavy atom. The van der Waals surface area contributed by atoms with E-state index in [0.717, 1.165) is 30.0 Å². The quantitative estimate of drug-likeness (QED) is 0.127. The number of hydrogen-bond acceptors (Lipinski definition) is 8. The van der Waals surface area contributed by atoms with Crippen LogP contribution < -0.4 is 15.4 Å². The third-order valence-electron chi connectivity index (χ3n) is 5.99. The van der Waals surface area contributed by atoms with Crippen molar-refractivity contribution in [3.8, 4) is 11.4 Å². The van der Waals surface area contributed by atoms with Crippen molar-refractivity contribution in [3.63, 3.8) is 0 Å². The van der Waals surface area contributed by atoms with Crippen LogP contribution in [0.5, 0.6) is 5.75 Å². The Kier molecular flexibility index (Phi) is 9.65. The molecule has 224 valence electrons. The van der Waals surface area contributed by atoms with Crippen molar-refractivity contribution in [2.24, 2.45) is 0 Å². The van der Waals surface area contributed by atoms with Gasteiger partial charge in [0, 0.05) is 22.9 Å². The van der Waals surface area contributed by atoms with Crippen LogP contribution in [-0.4, -0.2) is 43.9 Å². The number of thioether (sulfide) groups is 1. The van der Waals surface area contributed by atoms with Crippen molar-refractivity contribution in [1.82, 2.24) is 20.1 Å². The van der Waals surface area contributed by atoms with Gasteiger partial charge in [-0.1, -0.05) is 23.9 Å². The summed E-state index contributed by atoms with van der Waals surface area (Å²) < 4.78 is 47.1. The minimum absolute atomic E-state index is 0.0167. The molecule has 0 spiro atoms. The molecule has 2 amide bonds. The second kappa shape index (κ2) is 13.4. The number of nitro groups is 1. The number of nitrogens with one attached hydrogen (secondary N) is 2. The number of halogens is 3. The van der Waals surface area contributed by atoms with Gasteiger partial charge in [0.15, 0.2) is 11.0 Å². The summed E-state index contributed by atoms with van der Waals surface area (Å²) >= 11 is 0.936. The highest BCUT2D eigenvalue weighted by Crippen LogP contribution is 2.32. The highest BCUT2D eigenvalue weighted by Gasteiger charge is 2.31. The zero-order valence-corrected chi connectivity index (χ0v) is 23.7. The molecule has 0 unspecified atom stereocenters. The molecule has 0 aliphatic heterocycles. The number of nitro benzene ring substituents is 1. The van der Waals surface area contributed by atoms with Gasteiger partial charge in [0.25, 0.3) is 11.6 Å². The molecule has 1 aromatic heterocycles. The Morgan fingerprint density at radius 2 is 1.81 bits per heavy atom. The van der Waals surface area contributed by atoms with Gasteiger partial charge in [-0.25, -0.2) is 0 Å². The van der Waals surface area contributed by atoms with Crippen molar-refractivity contribution in [3.05, 3.63) is 99.4 Å². The molecule has 11 nitrogen and oxygen atoms in total. The maximum atomic E-state index is 13.5. The van der Waals surface area contributed by atoms with E-state index in [1.54, 1.807) is 24.3 Å². The number of carbonyl (C=O) groups excluding carboxylic acids is 2. The maximum Gasteiger partial charge on any atom is 0.416 e. The van der Waals surface area contributed by atoms with E-state index in [1.807, 2.05) is 6.92 Å². The lowest BCUT2D eigenvalue weighted by Crippen LogP contribution is -2.25. The molecule has 0 aliphatic rings. The van der Waals surface area contributed by atoms with Gasteiger partial charge in [0.1, 0.15) is 5.75 Å². The fraction of sp³-hybridized carbons (Fsp3) is 0.214. The van der Waals surface area contributed by atoms with Gasteiger partial charge >= 0.3 is 6.18 Å². The second-order valence-corrected chi connectivity index (χ2v) is 9.96. The average Bonchev–Trinajstić information content (AvgIpc) is 3.38. The minimum atomic E-state index is -4.62. The van der Waals surface area contributed by atoms with Crippen molar-refractivity contribution in [1.29, 1.82) is 0 Å². The fourth-order valence-electron chi connectivity index (χ4n) is 3.93. The summed E-state index contributed by atoms with van der Waals surface area (Å²) in [6.07, 6.45) is -4.62. The number of rotatable bonds is 11. The van der Waals surface area contributed by atoms with Crippen molar-refractivity contribution in [2.45, 2.75) is 31.7 Å². The number of nitrogens with zero attached hydrogens (tertiary/aromatic N) is 4. The molecule has 43 heavy (non-hydrogen) atoms. The molecular formula is C28H25F3N6O5S. The Bertz CT molecular complexity index is 1640. The first-order valence-electron chi connectivity index (χ1n) is 12.8. The monoisotopic (exact) mass is 614 g/mol. The molecule has 15 heteroatoms. The topological polar surface area (TPSA) is 141 Å². The first kappa shape index (κ1) is 31.0. The van der Waals surface area contributed by atoms with Crippen LogP contribution in [0.3, 0.4) is 0 Å². The molecule has 4 aromatic rings. The lowest BCUT2D eigenvalue weighted by molar-refractivity contribution is -0.385. The molecule has 0 bridgehead atoms. The normalized spacial score (nSPS) is 11.2. The molecule has 3 aromatic carbocycles. The average molecular weight is 615 g/mol. The molecule has 0 aliphatic carbocycles. The van der Waals surface area contributed by atoms with Gasteiger partial charge in [0.2, 0.25) is 5.91 Å². The summed E-state index contributed by atoms with van der Waals surface area (Å²) in [7, 11) is 0. The molecule has 0 radical (unpaired) electrons. The summed E-state index contributed by atoms with van der Waals surface area (Å²) in [5.74, 6) is -0.494. The van der Waals surface area contributed by atoms with Crippen LogP contribution >= 0.6 is 11.8 Å². The molecule has 0 saturated heterocycles. The minimum Gasteiger partial charge on any atom is -0.494 e. The highest BCUT2D eigenvalue weighted by atomic mass is 32.2. The Labute approximate surface area is 247 Å². The van der Waals surface area contributed by atoms with Gasteiger partial charge in [-0.15, -0.1) is 10.2 Å². The SMILES string of the molecule is CCOc1ccc(NC(=O)CSc2nnc(CNC(=O)c3ccc(C)c([N+](=O)[O-])c3)n2-c2cccc(C(F)(F)F)c2)cc1. The summed E-state index contributed by atoms with van der Waals surface area (Å²) in [5, 5.41) is 24.8. The Balaban J connectivity index is 1.55. The predicted molar refractivity (Wildman–Crippen MR) is 152 cm³/mol. The molecular weight excluding hydrogens is 589 g/mol. The van der Waals surface area contributed by atoms with Gasteiger partial charge in [-0.2, -0.15) is 13.2 Å².